The largest absolute Gasteiger partial charge is 0.452 e. The van der Waals surface area contributed by atoms with E-state index in [0.717, 1.165) is 11.1 Å². The van der Waals surface area contributed by atoms with Gasteiger partial charge in [-0.3, -0.25) is 4.79 Å². The van der Waals surface area contributed by atoms with Crippen molar-refractivity contribution in [3.8, 4) is 0 Å². The summed E-state index contributed by atoms with van der Waals surface area (Å²) in [6.45, 7) is 0. The predicted octanol–water partition coefficient (Wildman–Crippen LogP) is 2.08. The average Bonchev–Trinajstić information content (AvgIpc) is 2.30. The van der Waals surface area contributed by atoms with Crippen LogP contribution in [0, 0.1) is 5.92 Å². The van der Waals surface area contributed by atoms with E-state index in [1.165, 1.54) is 0 Å². The molecule has 3 aliphatic rings. The Balaban J connectivity index is 2.16. The molecule has 3 rings (SSSR count). The first-order valence-electron chi connectivity index (χ1n) is 5.00. The van der Waals surface area contributed by atoms with Crippen LogP contribution >= 0.6 is 0 Å². The van der Waals surface area contributed by atoms with E-state index in [1.54, 1.807) is 0 Å². The van der Waals surface area contributed by atoms with Gasteiger partial charge in [0.15, 0.2) is 0 Å². The highest BCUT2D eigenvalue weighted by Crippen LogP contribution is 2.33. The van der Waals surface area contributed by atoms with E-state index >= 15 is 0 Å². The maximum absolute atomic E-state index is 11.7. The average molecular weight is 198 g/mol. The molecule has 0 fully saturated rings. The zero-order valence-corrected chi connectivity index (χ0v) is 8.09. The first-order chi connectivity index (χ1) is 7.36. The lowest BCUT2D eigenvalue weighted by molar-refractivity contribution is -0.148. The summed E-state index contributed by atoms with van der Waals surface area (Å²) >= 11 is 0. The highest BCUT2D eigenvalue weighted by atomic mass is 16.5. The topological polar surface area (TPSA) is 26.3 Å². The van der Waals surface area contributed by atoms with Gasteiger partial charge in [0.1, 0.15) is 12.0 Å². The number of fused-ring (bicyclic) bond motifs is 2. The molecule has 0 aromatic carbocycles. The van der Waals surface area contributed by atoms with Crippen molar-refractivity contribution < 1.29 is 9.53 Å². The first kappa shape index (κ1) is 8.48. The fourth-order valence-electron chi connectivity index (χ4n) is 2.11. The standard InChI is InChI=1S/C13H10O2/c14-13-11-7-2-1-5-9(11)10-6-3-4-8-12(10)15-13/h1-8,11-12H. The number of hydrogen-bond donors (Lipinski definition) is 0. The monoisotopic (exact) mass is 198 g/mol. The van der Waals surface area contributed by atoms with Gasteiger partial charge in [-0.1, -0.05) is 42.5 Å². The Kier molecular flexibility index (Phi) is 1.75. The minimum Gasteiger partial charge on any atom is -0.452 e. The van der Waals surface area contributed by atoms with E-state index in [0.29, 0.717) is 0 Å². The minimum atomic E-state index is -0.211. The van der Waals surface area contributed by atoms with Crippen LogP contribution in [-0.4, -0.2) is 12.1 Å². The van der Waals surface area contributed by atoms with Crippen LogP contribution in [0.2, 0.25) is 0 Å². The molecular weight excluding hydrogens is 188 g/mol. The number of allylic oxidation sites excluding steroid dienone is 5. The summed E-state index contributed by atoms with van der Waals surface area (Å²) in [4.78, 5) is 11.7. The second-order valence-electron chi connectivity index (χ2n) is 3.73. The summed E-state index contributed by atoms with van der Waals surface area (Å²) in [6.07, 6.45) is 15.3. The highest BCUT2D eigenvalue weighted by Gasteiger charge is 2.33. The molecule has 74 valence electrons. The van der Waals surface area contributed by atoms with Crippen molar-refractivity contribution in [3.63, 3.8) is 0 Å². The van der Waals surface area contributed by atoms with Crippen LogP contribution in [0.15, 0.2) is 59.8 Å². The number of carbonyl (C=O) groups excluding carboxylic acids is 1. The van der Waals surface area contributed by atoms with Crippen molar-refractivity contribution in [2.75, 3.05) is 0 Å². The number of ether oxygens (including phenoxy) is 1. The fourth-order valence-corrected chi connectivity index (χ4v) is 2.11. The molecule has 0 spiro atoms. The molecule has 1 aliphatic heterocycles. The van der Waals surface area contributed by atoms with Crippen LogP contribution in [0.5, 0.6) is 0 Å². The lowest BCUT2D eigenvalue weighted by Crippen LogP contribution is -2.32. The molecule has 2 nitrogen and oxygen atoms in total. The Labute approximate surface area is 87.9 Å². The van der Waals surface area contributed by atoms with E-state index in [9.17, 15) is 4.79 Å². The van der Waals surface area contributed by atoms with Gasteiger partial charge in [-0.05, 0) is 11.6 Å². The van der Waals surface area contributed by atoms with Crippen molar-refractivity contribution in [3.05, 3.63) is 59.8 Å². The summed E-state index contributed by atoms with van der Waals surface area (Å²) < 4.78 is 5.34. The zero-order valence-electron chi connectivity index (χ0n) is 8.09. The predicted molar refractivity (Wildman–Crippen MR) is 57.0 cm³/mol. The van der Waals surface area contributed by atoms with E-state index in [-0.39, 0.29) is 18.0 Å². The summed E-state index contributed by atoms with van der Waals surface area (Å²) in [5, 5.41) is 0. The molecule has 1 heterocycles. The molecule has 2 unspecified atom stereocenters. The lowest BCUT2D eigenvalue weighted by Gasteiger charge is -2.30. The van der Waals surface area contributed by atoms with Gasteiger partial charge < -0.3 is 4.74 Å². The third kappa shape index (κ3) is 1.22. The van der Waals surface area contributed by atoms with Crippen LogP contribution in [0.3, 0.4) is 0 Å². The minimum absolute atomic E-state index is 0.153. The Bertz CT molecular complexity index is 461. The molecule has 2 atom stereocenters. The van der Waals surface area contributed by atoms with Crippen molar-refractivity contribution >= 4 is 5.97 Å². The van der Waals surface area contributed by atoms with Crippen LogP contribution in [-0.2, 0) is 9.53 Å². The van der Waals surface area contributed by atoms with Crippen molar-refractivity contribution in [2.45, 2.75) is 6.10 Å². The van der Waals surface area contributed by atoms with Gasteiger partial charge >= 0.3 is 5.97 Å². The molecule has 2 aliphatic carbocycles. The summed E-state index contributed by atoms with van der Waals surface area (Å²) in [5.41, 5.74) is 2.17. The normalized spacial score (nSPS) is 31.3. The number of rotatable bonds is 0. The smallest absolute Gasteiger partial charge is 0.318 e. The molecular formula is C13H10O2. The van der Waals surface area contributed by atoms with Gasteiger partial charge in [-0.25, -0.2) is 0 Å². The molecule has 0 N–H and O–H groups in total. The van der Waals surface area contributed by atoms with Crippen molar-refractivity contribution in [2.24, 2.45) is 5.92 Å². The molecule has 15 heavy (non-hydrogen) atoms. The summed E-state index contributed by atoms with van der Waals surface area (Å²) in [5.74, 6) is -0.364. The molecule has 0 bridgehead atoms. The second-order valence-corrected chi connectivity index (χ2v) is 3.73. The summed E-state index contributed by atoms with van der Waals surface area (Å²) in [7, 11) is 0. The van der Waals surface area contributed by atoms with E-state index in [4.69, 9.17) is 4.74 Å². The molecule has 0 saturated heterocycles. The van der Waals surface area contributed by atoms with E-state index in [1.807, 2.05) is 48.6 Å². The number of esters is 1. The Hall–Kier alpha value is -1.83. The zero-order chi connectivity index (χ0) is 10.3. The first-order valence-corrected chi connectivity index (χ1v) is 5.00. The molecule has 0 aromatic heterocycles. The quantitative estimate of drug-likeness (QED) is 0.557. The SMILES string of the molecule is O=C1OC2C=CC=CC2=C2C=CC=CC12. The Morgan fingerprint density at radius 1 is 0.933 bits per heavy atom. The maximum Gasteiger partial charge on any atom is 0.318 e. The highest BCUT2D eigenvalue weighted by molar-refractivity contribution is 5.83. The Morgan fingerprint density at radius 2 is 1.67 bits per heavy atom. The van der Waals surface area contributed by atoms with Crippen LogP contribution in [0.25, 0.3) is 0 Å². The van der Waals surface area contributed by atoms with Gasteiger partial charge in [-0.15, -0.1) is 0 Å². The van der Waals surface area contributed by atoms with Gasteiger partial charge in [0, 0.05) is 5.57 Å². The summed E-state index contributed by atoms with van der Waals surface area (Å²) in [6, 6.07) is 0. The fraction of sp³-hybridized carbons (Fsp3) is 0.154. The van der Waals surface area contributed by atoms with Gasteiger partial charge in [0.2, 0.25) is 0 Å². The number of carbonyl (C=O) groups is 1. The van der Waals surface area contributed by atoms with Crippen molar-refractivity contribution in [1.29, 1.82) is 0 Å². The molecule has 2 heteroatoms. The second kappa shape index (κ2) is 3.09. The maximum atomic E-state index is 11.7. The van der Waals surface area contributed by atoms with Gasteiger partial charge in [-0.2, -0.15) is 0 Å². The van der Waals surface area contributed by atoms with Crippen LogP contribution in [0.1, 0.15) is 0 Å². The van der Waals surface area contributed by atoms with Crippen LogP contribution in [0.4, 0.5) is 0 Å². The lowest BCUT2D eigenvalue weighted by atomic mass is 9.84. The number of hydrogen-bond acceptors (Lipinski definition) is 2. The van der Waals surface area contributed by atoms with E-state index in [2.05, 4.69) is 0 Å². The molecule has 0 radical (unpaired) electrons. The third-order valence-corrected chi connectivity index (χ3v) is 2.84. The third-order valence-electron chi connectivity index (χ3n) is 2.84. The van der Waals surface area contributed by atoms with Crippen molar-refractivity contribution in [1.82, 2.24) is 0 Å². The van der Waals surface area contributed by atoms with Gasteiger partial charge in [0.05, 0.1) is 0 Å². The van der Waals surface area contributed by atoms with Gasteiger partial charge in [0.25, 0.3) is 0 Å². The molecule has 0 amide bonds. The Morgan fingerprint density at radius 3 is 2.53 bits per heavy atom. The molecule has 0 aromatic rings. The van der Waals surface area contributed by atoms with E-state index < -0.39 is 0 Å². The van der Waals surface area contributed by atoms with Crippen LogP contribution < -0.4 is 0 Å². The molecule has 0 saturated carbocycles.